The summed E-state index contributed by atoms with van der Waals surface area (Å²) in [5.41, 5.74) is -0.725. The molecule has 0 saturated carbocycles. The molecule has 0 aliphatic heterocycles. The molecule has 19 heavy (non-hydrogen) atoms. The molecule has 0 fully saturated rings. The summed E-state index contributed by atoms with van der Waals surface area (Å²) in [6.45, 7) is 0.163. The van der Waals surface area contributed by atoms with E-state index in [0.29, 0.717) is 0 Å². The van der Waals surface area contributed by atoms with Crippen LogP contribution in [0.3, 0.4) is 0 Å². The highest BCUT2D eigenvalue weighted by Gasteiger charge is 2.16. The van der Waals surface area contributed by atoms with E-state index in [1.165, 1.54) is 19.2 Å². The lowest BCUT2D eigenvalue weighted by Gasteiger charge is -2.21. The van der Waals surface area contributed by atoms with Crippen LogP contribution in [0.25, 0.3) is 0 Å². The highest BCUT2D eigenvalue weighted by Crippen LogP contribution is 2.09. The molecule has 2 atom stereocenters. The van der Waals surface area contributed by atoms with Crippen molar-refractivity contribution in [1.29, 1.82) is 0 Å². The second kappa shape index (κ2) is 6.98. The minimum Gasteiger partial charge on any atom is -0.394 e. The smallest absolute Gasteiger partial charge is 0.351 e. The lowest BCUT2D eigenvalue weighted by molar-refractivity contribution is -0.114. The predicted octanol–water partition coefficient (Wildman–Crippen LogP) is -0.910. The van der Waals surface area contributed by atoms with Crippen LogP contribution in [0.15, 0.2) is 17.1 Å². The third-order valence-electron chi connectivity index (χ3n) is 2.15. The van der Waals surface area contributed by atoms with Crippen LogP contribution < -0.4 is 11.0 Å². The first-order valence-electron chi connectivity index (χ1n) is 6.25. The van der Waals surface area contributed by atoms with E-state index in [0.717, 1.165) is 4.57 Å². The van der Waals surface area contributed by atoms with E-state index < -0.39 is 31.2 Å². The summed E-state index contributed by atoms with van der Waals surface area (Å²) >= 11 is 0. The average molecular weight is 272 g/mol. The number of aliphatic hydroxyl groups excluding tert-OH is 2. The Labute approximate surface area is 111 Å². The Balaban J connectivity index is 2.93. The van der Waals surface area contributed by atoms with Crippen molar-refractivity contribution < 1.29 is 21.1 Å². The van der Waals surface area contributed by atoms with Crippen LogP contribution >= 0.6 is 0 Å². The fourth-order valence-corrected chi connectivity index (χ4v) is 1.34. The van der Waals surface area contributed by atoms with Crippen molar-refractivity contribution in [2.45, 2.75) is 26.2 Å². The average Bonchev–Trinajstić information content (AvgIpc) is 2.41. The van der Waals surface area contributed by atoms with E-state index in [2.05, 4.69) is 10.3 Å². The van der Waals surface area contributed by atoms with Gasteiger partial charge in [-0.2, -0.15) is 4.98 Å². The van der Waals surface area contributed by atoms with E-state index in [-0.39, 0.29) is 18.6 Å². The molecule has 106 valence electrons. The van der Waals surface area contributed by atoms with Crippen molar-refractivity contribution >= 4 is 11.7 Å². The molecule has 0 aliphatic rings. The first-order valence-corrected chi connectivity index (χ1v) is 5.55. The lowest BCUT2D eigenvalue weighted by Crippen LogP contribution is -2.33. The standard InChI is InChI=1S/C11H17N3O5/c1-7(5-15)19-10(6-16)14-4-3-9(12-8(2)17)13-11(14)18/h3-4,7,10,15-16H,5-6H2,1-2H3,(H,12,13,17,18)/t7-,10-/m1/s1/i1D. The van der Waals surface area contributed by atoms with Gasteiger partial charge >= 0.3 is 5.69 Å². The molecule has 1 amide bonds. The number of carbonyl (C=O) groups excluding carboxylic acids is 1. The molecule has 0 saturated heterocycles. The number of aliphatic hydroxyl groups is 2. The zero-order chi connectivity index (χ0) is 15.1. The van der Waals surface area contributed by atoms with Crippen molar-refractivity contribution in [1.82, 2.24) is 9.55 Å². The number of rotatable bonds is 6. The van der Waals surface area contributed by atoms with Crippen molar-refractivity contribution in [3.63, 3.8) is 0 Å². The number of nitrogens with zero attached hydrogens (tertiary/aromatic N) is 2. The second-order valence-corrected chi connectivity index (χ2v) is 3.76. The van der Waals surface area contributed by atoms with Crippen LogP contribution in [0, 0.1) is 0 Å². The van der Waals surface area contributed by atoms with E-state index in [4.69, 9.17) is 11.2 Å². The maximum Gasteiger partial charge on any atom is 0.351 e. The SMILES string of the molecule is [2H]C[C@H](CO)O[C@H](CO)n1ccc(NC(C)=O)nc1=O. The highest BCUT2D eigenvalue weighted by molar-refractivity contribution is 5.87. The van der Waals surface area contributed by atoms with Crippen LogP contribution in [0.5, 0.6) is 0 Å². The number of nitrogens with one attached hydrogen (secondary N) is 1. The molecule has 0 unspecified atom stereocenters. The molecular weight excluding hydrogens is 254 g/mol. The van der Waals surface area contributed by atoms with E-state index in [1.54, 1.807) is 0 Å². The van der Waals surface area contributed by atoms with Gasteiger partial charge in [-0.25, -0.2) is 4.79 Å². The first-order chi connectivity index (χ1) is 9.51. The first kappa shape index (κ1) is 13.7. The monoisotopic (exact) mass is 272 g/mol. The molecule has 1 aromatic heterocycles. The molecule has 0 bridgehead atoms. The van der Waals surface area contributed by atoms with E-state index in [1.807, 2.05) is 0 Å². The van der Waals surface area contributed by atoms with Gasteiger partial charge < -0.3 is 20.3 Å². The normalized spacial score (nSPS) is 14.6. The Hall–Kier alpha value is -1.77. The quantitative estimate of drug-likeness (QED) is 0.618. The van der Waals surface area contributed by atoms with Gasteiger partial charge in [-0.1, -0.05) is 0 Å². The van der Waals surface area contributed by atoms with Crippen LogP contribution in [-0.4, -0.2) is 45.0 Å². The molecule has 8 heteroatoms. The molecule has 8 nitrogen and oxygen atoms in total. The minimum atomic E-state index is -1.05. The number of carbonyl (C=O) groups is 1. The number of amides is 1. The number of aromatic nitrogens is 2. The van der Waals surface area contributed by atoms with Crippen molar-refractivity contribution in [2.24, 2.45) is 0 Å². The molecule has 0 aliphatic carbocycles. The third kappa shape index (κ3) is 4.43. The summed E-state index contributed by atoms with van der Waals surface area (Å²) in [4.78, 5) is 26.2. The minimum absolute atomic E-state index is 0.0923. The van der Waals surface area contributed by atoms with Gasteiger partial charge in [0.15, 0.2) is 6.23 Å². The Morgan fingerprint density at radius 2 is 2.37 bits per heavy atom. The molecule has 1 heterocycles. The summed E-state index contributed by atoms with van der Waals surface area (Å²) in [7, 11) is 0. The zero-order valence-electron chi connectivity index (χ0n) is 11.4. The number of hydrogen-bond acceptors (Lipinski definition) is 6. The van der Waals surface area contributed by atoms with E-state index in [9.17, 15) is 14.7 Å². The number of hydrogen-bond donors (Lipinski definition) is 3. The van der Waals surface area contributed by atoms with Gasteiger partial charge in [-0.15, -0.1) is 0 Å². The van der Waals surface area contributed by atoms with Gasteiger partial charge in [0, 0.05) is 14.5 Å². The second-order valence-electron chi connectivity index (χ2n) is 3.76. The highest BCUT2D eigenvalue weighted by atomic mass is 16.5. The zero-order valence-corrected chi connectivity index (χ0v) is 10.4. The van der Waals surface area contributed by atoms with Crippen molar-refractivity contribution in [2.75, 3.05) is 18.5 Å². The summed E-state index contributed by atoms with van der Waals surface area (Å²) in [6, 6.07) is 1.38. The molecule has 1 rings (SSSR count). The Bertz CT molecular complexity index is 503. The summed E-state index contributed by atoms with van der Waals surface area (Å²) in [5.74, 6) is -0.270. The molecule has 0 radical (unpaired) electrons. The van der Waals surface area contributed by atoms with Gasteiger partial charge in [0.2, 0.25) is 5.91 Å². The van der Waals surface area contributed by atoms with Crippen LogP contribution in [0.4, 0.5) is 5.82 Å². The van der Waals surface area contributed by atoms with Gasteiger partial charge in [0.05, 0.1) is 19.3 Å². The van der Waals surface area contributed by atoms with E-state index >= 15 is 0 Å². The Morgan fingerprint density at radius 3 is 2.84 bits per heavy atom. The summed E-state index contributed by atoms with van der Waals surface area (Å²) in [5, 5.41) is 20.5. The number of anilines is 1. The maximum atomic E-state index is 11.8. The Morgan fingerprint density at radius 1 is 1.63 bits per heavy atom. The van der Waals surface area contributed by atoms with Gasteiger partial charge in [-0.05, 0) is 13.0 Å². The molecule has 0 spiro atoms. The molecule has 1 aromatic rings. The largest absolute Gasteiger partial charge is 0.394 e. The predicted molar refractivity (Wildman–Crippen MR) is 66.6 cm³/mol. The van der Waals surface area contributed by atoms with Gasteiger partial charge in [0.25, 0.3) is 0 Å². The van der Waals surface area contributed by atoms with Crippen LogP contribution in [0.2, 0.25) is 0 Å². The summed E-state index contributed by atoms with van der Waals surface area (Å²) < 4.78 is 13.4. The van der Waals surface area contributed by atoms with Crippen LogP contribution in [-0.2, 0) is 9.53 Å². The summed E-state index contributed by atoms with van der Waals surface area (Å²) in [6.07, 6.45) is -0.558. The van der Waals surface area contributed by atoms with Gasteiger partial charge in [-0.3, -0.25) is 9.36 Å². The number of ether oxygens (including phenoxy) is 1. The molecule has 3 N–H and O–H groups in total. The topological polar surface area (TPSA) is 114 Å². The Kier molecular flexibility index (Phi) is 5.01. The van der Waals surface area contributed by atoms with Crippen molar-refractivity contribution in [3.05, 3.63) is 22.7 Å². The van der Waals surface area contributed by atoms with Gasteiger partial charge in [0.1, 0.15) is 5.82 Å². The van der Waals surface area contributed by atoms with Crippen LogP contribution in [0.1, 0.15) is 21.4 Å². The fraction of sp³-hybridized carbons (Fsp3) is 0.545. The lowest BCUT2D eigenvalue weighted by atomic mass is 10.4. The fourth-order valence-electron chi connectivity index (χ4n) is 1.34. The third-order valence-corrected chi connectivity index (χ3v) is 2.15. The molecule has 0 aromatic carbocycles. The molecular formula is C11H17N3O5. The van der Waals surface area contributed by atoms with Crippen molar-refractivity contribution in [3.8, 4) is 0 Å². The maximum absolute atomic E-state index is 11.8.